The van der Waals surface area contributed by atoms with Gasteiger partial charge in [0.1, 0.15) is 0 Å². The van der Waals surface area contributed by atoms with Crippen molar-refractivity contribution in [3.05, 3.63) is 29.3 Å². The normalized spacial score (nSPS) is 11.3. The summed E-state index contributed by atoms with van der Waals surface area (Å²) < 4.78 is 0. The Balaban J connectivity index is 2.65. The highest BCUT2D eigenvalue weighted by Crippen LogP contribution is 2.29. The zero-order valence-corrected chi connectivity index (χ0v) is 13.6. The molecule has 4 nitrogen and oxygen atoms in total. The molecule has 21 heavy (non-hydrogen) atoms. The molecule has 0 heterocycles. The van der Waals surface area contributed by atoms with E-state index in [1.54, 1.807) is 0 Å². The van der Waals surface area contributed by atoms with Gasteiger partial charge in [-0.1, -0.05) is 32.0 Å². The van der Waals surface area contributed by atoms with E-state index in [1.165, 1.54) is 0 Å². The number of carbonyl (C=O) groups excluding carboxylic acids is 1. The third kappa shape index (κ3) is 4.74. The van der Waals surface area contributed by atoms with Gasteiger partial charge in [-0.3, -0.25) is 0 Å². The minimum absolute atomic E-state index is 0.0210. The second-order valence-corrected chi connectivity index (χ2v) is 5.76. The molecule has 0 fully saturated rings. The summed E-state index contributed by atoms with van der Waals surface area (Å²) in [7, 11) is 0. The van der Waals surface area contributed by atoms with Gasteiger partial charge in [0.25, 0.3) is 0 Å². The molecule has 0 aliphatic rings. The number of aryl methyl sites for hydroxylation is 2. The van der Waals surface area contributed by atoms with E-state index < -0.39 is 0 Å². The second-order valence-electron chi connectivity index (χ2n) is 5.76. The van der Waals surface area contributed by atoms with Crippen LogP contribution in [-0.2, 0) is 0 Å². The van der Waals surface area contributed by atoms with Crippen molar-refractivity contribution in [2.45, 2.75) is 47.0 Å². The van der Waals surface area contributed by atoms with Crippen LogP contribution in [-0.4, -0.2) is 24.3 Å². The van der Waals surface area contributed by atoms with E-state index in [0.717, 1.165) is 29.7 Å². The van der Waals surface area contributed by atoms with Crippen LogP contribution in [0.3, 0.4) is 0 Å². The quantitative estimate of drug-likeness (QED) is 0.719. The van der Waals surface area contributed by atoms with Gasteiger partial charge in [0.05, 0.1) is 0 Å². The van der Waals surface area contributed by atoms with E-state index in [2.05, 4.69) is 24.5 Å². The third-order valence-electron chi connectivity index (χ3n) is 4.49. The number of para-hydroxylation sites is 1. The van der Waals surface area contributed by atoms with Crippen molar-refractivity contribution in [1.82, 2.24) is 5.32 Å². The second kappa shape index (κ2) is 8.03. The maximum Gasteiger partial charge on any atom is 0.319 e. The third-order valence-corrected chi connectivity index (χ3v) is 4.49. The van der Waals surface area contributed by atoms with Gasteiger partial charge in [0, 0.05) is 18.8 Å². The van der Waals surface area contributed by atoms with Gasteiger partial charge in [-0.05, 0) is 49.7 Å². The number of aliphatic hydroxyl groups excluding tert-OH is 1. The number of nitrogens with one attached hydrogen (secondary N) is 2. The fourth-order valence-corrected chi connectivity index (χ4v) is 2.62. The maximum atomic E-state index is 12.1. The molecular weight excluding hydrogens is 264 g/mol. The van der Waals surface area contributed by atoms with Gasteiger partial charge >= 0.3 is 6.03 Å². The van der Waals surface area contributed by atoms with Gasteiger partial charge in [0.2, 0.25) is 0 Å². The molecule has 0 spiro atoms. The van der Waals surface area contributed by atoms with Crippen LogP contribution >= 0.6 is 0 Å². The van der Waals surface area contributed by atoms with Crippen molar-refractivity contribution < 1.29 is 9.90 Å². The molecule has 0 aliphatic carbocycles. The summed E-state index contributed by atoms with van der Waals surface area (Å²) in [4.78, 5) is 12.1. The average Bonchev–Trinajstić information content (AvgIpc) is 2.47. The van der Waals surface area contributed by atoms with Crippen LogP contribution in [0.15, 0.2) is 18.2 Å². The van der Waals surface area contributed by atoms with Crippen LogP contribution in [0.5, 0.6) is 0 Å². The molecule has 1 rings (SSSR count). The van der Waals surface area contributed by atoms with Crippen LogP contribution in [0.25, 0.3) is 0 Å². The number of amides is 2. The molecule has 2 amide bonds. The van der Waals surface area contributed by atoms with Crippen molar-refractivity contribution in [3.8, 4) is 0 Å². The summed E-state index contributed by atoms with van der Waals surface area (Å²) >= 11 is 0. The number of carbonyl (C=O) groups is 1. The zero-order chi connectivity index (χ0) is 15.9. The van der Waals surface area contributed by atoms with Crippen molar-refractivity contribution in [2.24, 2.45) is 5.41 Å². The first-order valence-electron chi connectivity index (χ1n) is 7.70. The number of aliphatic hydroxyl groups is 1. The topological polar surface area (TPSA) is 61.4 Å². The standard InChI is InChI=1S/C17H28N2O2/c1-5-17(6-2,10-11-20)12-18-16(21)19-15-13(3)8-7-9-14(15)4/h7-9,20H,5-6,10-12H2,1-4H3,(H2,18,19,21). The van der Waals surface area contributed by atoms with Crippen molar-refractivity contribution in [2.75, 3.05) is 18.5 Å². The van der Waals surface area contributed by atoms with Crippen LogP contribution in [0.2, 0.25) is 0 Å². The smallest absolute Gasteiger partial charge is 0.319 e. The molecule has 4 heteroatoms. The number of hydrogen-bond donors (Lipinski definition) is 3. The number of hydrogen-bond acceptors (Lipinski definition) is 2. The molecule has 1 aromatic carbocycles. The first-order chi connectivity index (χ1) is 9.98. The minimum Gasteiger partial charge on any atom is -0.396 e. The Labute approximate surface area is 128 Å². The van der Waals surface area contributed by atoms with Crippen molar-refractivity contribution >= 4 is 11.7 Å². The van der Waals surface area contributed by atoms with Crippen molar-refractivity contribution in [1.29, 1.82) is 0 Å². The van der Waals surface area contributed by atoms with Crippen LogP contribution in [0.4, 0.5) is 10.5 Å². The molecule has 0 bridgehead atoms. The molecule has 1 aromatic rings. The Kier molecular flexibility index (Phi) is 6.69. The van der Waals surface area contributed by atoms with Crippen LogP contribution in [0.1, 0.15) is 44.2 Å². The largest absolute Gasteiger partial charge is 0.396 e. The molecule has 0 radical (unpaired) electrons. The van der Waals surface area contributed by atoms with E-state index in [1.807, 2.05) is 32.0 Å². The Bertz CT molecular complexity index is 448. The summed E-state index contributed by atoms with van der Waals surface area (Å²) in [6, 6.07) is 5.76. The zero-order valence-electron chi connectivity index (χ0n) is 13.6. The van der Waals surface area contributed by atoms with E-state index in [-0.39, 0.29) is 18.1 Å². The van der Waals surface area contributed by atoms with E-state index in [4.69, 9.17) is 0 Å². The summed E-state index contributed by atoms with van der Waals surface area (Å²) in [5.74, 6) is 0. The molecule has 3 N–H and O–H groups in total. The summed E-state index contributed by atoms with van der Waals surface area (Å²) in [6.07, 6.45) is 2.59. The molecule has 0 saturated carbocycles. The Morgan fingerprint density at radius 1 is 1.19 bits per heavy atom. The summed E-state index contributed by atoms with van der Waals surface area (Å²) in [6.45, 7) is 8.90. The number of benzene rings is 1. The van der Waals surface area contributed by atoms with Gasteiger partial charge in [-0.2, -0.15) is 0 Å². The molecule has 0 atom stereocenters. The number of urea groups is 1. The van der Waals surface area contributed by atoms with Gasteiger partial charge in [0.15, 0.2) is 0 Å². The molecule has 0 saturated heterocycles. The van der Waals surface area contributed by atoms with E-state index in [0.29, 0.717) is 13.0 Å². The molecular formula is C17H28N2O2. The van der Waals surface area contributed by atoms with E-state index >= 15 is 0 Å². The molecule has 0 aliphatic heterocycles. The van der Waals surface area contributed by atoms with Gasteiger partial charge in [-0.15, -0.1) is 0 Å². The molecule has 0 unspecified atom stereocenters. The highest BCUT2D eigenvalue weighted by molar-refractivity contribution is 5.91. The predicted octanol–water partition coefficient (Wildman–Crippen LogP) is 3.61. The highest BCUT2D eigenvalue weighted by atomic mass is 16.3. The lowest BCUT2D eigenvalue weighted by molar-refractivity contribution is 0.165. The minimum atomic E-state index is -0.184. The molecule has 0 aromatic heterocycles. The predicted molar refractivity (Wildman–Crippen MR) is 87.7 cm³/mol. The van der Waals surface area contributed by atoms with Crippen LogP contribution < -0.4 is 10.6 Å². The van der Waals surface area contributed by atoms with E-state index in [9.17, 15) is 9.90 Å². The average molecular weight is 292 g/mol. The van der Waals surface area contributed by atoms with Crippen molar-refractivity contribution in [3.63, 3.8) is 0 Å². The SMILES string of the molecule is CCC(CC)(CCO)CNC(=O)Nc1c(C)cccc1C. The summed E-state index contributed by atoms with van der Waals surface area (Å²) in [5, 5.41) is 15.1. The number of rotatable bonds is 7. The van der Waals surface area contributed by atoms with Gasteiger partial charge in [-0.25, -0.2) is 4.79 Å². The maximum absolute atomic E-state index is 12.1. The molecule has 118 valence electrons. The Morgan fingerprint density at radius 2 is 1.76 bits per heavy atom. The highest BCUT2D eigenvalue weighted by Gasteiger charge is 2.26. The fourth-order valence-electron chi connectivity index (χ4n) is 2.62. The lowest BCUT2D eigenvalue weighted by Crippen LogP contribution is -2.39. The Hall–Kier alpha value is -1.55. The van der Waals surface area contributed by atoms with Crippen LogP contribution in [0, 0.1) is 19.3 Å². The first-order valence-corrected chi connectivity index (χ1v) is 7.70. The summed E-state index contributed by atoms with van der Waals surface area (Å²) in [5.41, 5.74) is 2.96. The fraction of sp³-hybridized carbons (Fsp3) is 0.588. The lowest BCUT2D eigenvalue weighted by atomic mass is 9.79. The monoisotopic (exact) mass is 292 g/mol. The first kappa shape index (κ1) is 17.5. The Morgan fingerprint density at radius 3 is 2.24 bits per heavy atom. The number of anilines is 1. The lowest BCUT2D eigenvalue weighted by Gasteiger charge is -2.31. The van der Waals surface area contributed by atoms with Gasteiger partial charge < -0.3 is 15.7 Å².